The van der Waals surface area contributed by atoms with Crippen molar-refractivity contribution in [2.24, 2.45) is 5.41 Å². The zero-order valence-electron chi connectivity index (χ0n) is 9.00. The van der Waals surface area contributed by atoms with Gasteiger partial charge in [0.1, 0.15) is 6.61 Å². The molecule has 0 bridgehead atoms. The number of carbonyl (C=O) groups is 2. The molecule has 14 heavy (non-hydrogen) atoms. The van der Waals surface area contributed by atoms with Gasteiger partial charge in [0.25, 0.3) is 0 Å². The molecule has 4 heteroatoms. The number of rotatable bonds is 6. The maximum atomic E-state index is 10.9. The second kappa shape index (κ2) is 5.62. The van der Waals surface area contributed by atoms with E-state index in [-0.39, 0.29) is 6.61 Å². The highest BCUT2D eigenvalue weighted by Gasteiger charge is 2.33. The number of unbranched alkanes of at least 4 members (excludes halogenated alkanes) is 1. The number of ether oxygens (including phenoxy) is 1. The van der Waals surface area contributed by atoms with E-state index in [9.17, 15) is 9.59 Å². The van der Waals surface area contributed by atoms with Crippen LogP contribution in [0, 0.1) is 5.41 Å². The highest BCUT2D eigenvalue weighted by Crippen LogP contribution is 2.25. The Balaban J connectivity index is 4.24. The number of aliphatic carboxylic acids is 1. The summed E-state index contributed by atoms with van der Waals surface area (Å²) in [7, 11) is 0. The van der Waals surface area contributed by atoms with E-state index in [4.69, 9.17) is 9.84 Å². The number of hydrogen-bond acceptors (Lipinski definition) is 3. The summed E-state index contributed by atoms with van der Waals surface area (Å²) in [5.41, 5.74) is -0.943. The Kier molecular flexibility index (Phi) is 5.20. The Labute approximate surface area is 84.3 Å². The maximum absolute atomic E-state index is 10.9. The first-order valence-corrected chi connectivity index (χ1v) is 4.79. The van der Waals surface area contributed by atoms with Crippen molar-refractivity contribution in [3.05, 3.63) is 0 Å². The number of carboxylic acids is 1. The predicted molar refractivity (Wildman–Crippen MR) is 51.9 cm³/mol. The zero-order chi connectivity index (χ0) is 11.2. The molecular weight excluding hydrogens is 184 g/mol. The van der Waals surface area contributed by atoms with Gasteiger partial charge < -0.3 is 9.84 Å². The van der Waals surface area contributed by atoms with Crippen LogP contribution >= 0.6 is 0 Å². The lowest BCUT2D eigenvalue weighted by Gasteiger charge is -2.23. The molecule has 82 valence electrons. The summed E-state index contributed by atoms with van der Waals surface area (Å²) in [5, 5.41) is 8.98. The molecule has 0 spiro atoms. The van der Waals surface area contributed by atoms with Crippen LogP contribution in [0.15, 0.2) is 0 Å². The number of carbonyl (C=O) groups excluding carboxylic acids is 1. The SMILES string of the molecule is CCCCC(C)(COC(C)=O)C(=O)O. The first-order chi connectivity index (χ1) is 6.42. The second-order valence-electron chi connectivity index (χ2n) is 3.75. The smallest absolute Gasteiger partial charge is 0.312 e. The van der Waals surface area contributed by atoms with Gasteiger partial charge in [0, 0.05) is 6.92 Å². The van der Waals surface area contributed by atoms with Crippen LogP contribution in [0.3, 0.4) is 0 Å². The van der Waals surface area contributed by atoms with Crippen LogP contribution in [0.4, 0.5) is 0 Å². The third kappa shape index (κ3) is 4.25. The molecule has 0 heterocycles. The molecule has 0 radical (unpaired) electrons. The number of esters is 1. The average Bonchev–Trinajstić information content (AvgIpc) is 2.11. The Morgan fingerprint density at radius 3 is 2.36 bits per heavy atom. The van der Waals surface area contributed by atoms with Crippen molar-refractivity contribution >= 4 is 11.9 Å². The lowest BCUT2D eigenvalue weighted by atomic mass is 9.86. The standard InChI is InChI=1S/C10H18O4/c1-4-5-6-10(3,9(12)13)7-14-8(2)11/h4-7H2,1-3H3,(H,12,13). The van der Waals surface area contributed by atoms with E-state index in [1.165, 1.54) is 6.92 Å². The lowest BCUT2D eigenvalue weighted by Crippen LogP contribution is -2.33. The first-order valence-electron chi connectivity index (χ1n) is 4.79. The van der Waals surface area contributed by atoms with E-state index in [2.05, 4.69) is 0 Å². The van der Waals surface area contributed by atoms with Crippen LogP contribution in [-0.4, -0.2) is 23.7 Å². The normalized spacial score (nSPS) is 14.5. The first kappa shape index (κ1) is 12.9. The number of hydrogen-bond donors (Lipinski definition) is 1. The van der Waals surface area contributed by atoms with Gasteiger partial charge in [-0.25, -0.2) is 0 Å². The zero-order valence-corrected chi connectivity index (χ0v) is 9.00. The van der Waals surface area contributed by atoms with Crippen LogP contribution < -0.4 is 0 Å². The highest BCUT2D eigenvalue weighted by atomic mass is 16.5. The Morgan fingerprint density at radius 2 is 2.00 bits per heavy atom. The minimum Gasteiger partial charge on any atom is -0.481 e. The van der Waals surface area contributed by atoms with Gasteiger partial charge in [0.15, 0.2) is 0 Å². The summed E-state index contributed by atoms with van der Waals surface area (Å²) in [6, 6.07) is 0. The van der Waals surface area contributed by atoms with Gasteiger partial charge in [-0.1, -0.05) is 19.8 Å². The van der Waals surface area contributed by atoms with Crippen LogP contribution in [0.25, 0.3) is 0 Å². The summed E-state index contributed by atoms with van der Waals surface area (Å²) in [5.74, 6) is -1.35. The van der Waals surface area contributed by atoms with E-state index >= 15 is 0 Å². The summed E-state index contributed by atoms with van der Waals surface area (Å²) in [6.45, 7) is 4.84. The van der Waals surface area contributed by atoms with E-state index in [0.717, 1.165) is 12.8 Å². The molecule has 1 unspecified atom stereocenters. The van der Waals surface area contributed by atoms with Crippen molar-refractivity contribution < 1.29 is 19.4 Å². The molecule has 1 N–H and O–H groups in total. The maximum Gasteiger partial charge on any atom is 0.312 e. The molecule has 0 fully saturated rings. The molecule has 0 amide bonds. The fraction of sp³-hybridized carbons (Fsp3) is 0.800. The second-order valence-corrected chi connectivity index (χ2v) is 3.75. The Morgan fingerprint density at radius 1 is 1.43 bits per heavy atom. The molecule has 0 saturated carbocycles. The van der Waals surface area contributed by atoms with Crippen LogP contribution in [-0.2, 0) is 14.3 Å². The van der Waals surface area contributed by atoms with E-state index in [1.807, 2.05) is 6.92 Å². The van der Waals surface area contributed by atoms with Gasteiger partial charge in [-0.2, -0.15) is 0 Å². The molecular formula is C10H18O4. The lowest BCUT2D eigenvalue weighted by molar-refractivity contribution is -0.157. The molecule has 0 aliphatic carbocycles. The summed E-state index contributed by atoms with van der Waals surface area (Å²) in [6.07, 6.45) is 2.29. The van der Waals surface area contributed by atoms with Gasteiger partial charge in [0.2, 0.25) is 0 Å². The molecule has 0 rings (SSSR count). The third-order valence-electron chi connectivity index (χ3n) is 2.19. The average molecular weight is 202 g/mol. The van der Waals surface area contributed by atoms with Crippen molar-refractivity contribution in [2.75, 3.05) is 6.61 Å². The highest BCUT2D eigenvalue weighted by molar-refractivity contribution is 5.75. The largest absolute Gasteiger partial charge is 0.481 e. The minimum atomic E-state index is -0.943. The Hall–Kier alpha value is -1.06. The minimum absolute atomic E-state index is 0.0440. The van der Waals surface area contributed by atoms with Crippen molar-refractivity contribution in [3.8, 4) is 0 Å². The van der Waals surface area contributed by atoms with Gasteiger partial charge >= 0.3 is 11.9 Å². The van der Waals surface area contributed by atoms with E-state index in [1.54, 1.807) is 6.92 Å². The molecule has 0 saturated heterocycles. The fourth-order valence-electron chi connectivity index (χ4n) is 1.07. The molecule has 0 aromatic carbocycles. The monoisotopic (exact) mass is 202 g/mol. The Bertz CT molecular complexity index is 212. The van der Waals surface area contributed by atoms with Gasteiger partial charge in [0.05, 0.1) is 5.41 Å². The van der Waals surface area contributed by atoms with E-state index in [0.29, 0.717) is 6.42 Å². The van der Waals surface area contributed by atoms with Crippen molar-refractivity contribution in [1.29, 1.82) is 0 Å². The van der Waals surface area contributed by atoms with E-state index < -0.39 is 17.4 Å². The van der Waals surface area contributed by atoms with Crippen molar-refractivity contribution in [2.45, 2.75) is 40.0 Å². The van der Waals surface area contributed by atoms with Crippen LogP contribution in [0.1, 0.15) is 40.0 Å². The summed E-state index contributed by atoms with van der Waals surface area (Å²) < 4.78 is 4.75. The fourth-order valence-corrected chi connectivity index (χ4v) is 1.07. The molecule has 0 aromatic heterocycles. The molecule has 0 aliphatic rings. The van der Waals surface area contributed by atoms with Crippen LogP contribution in [0.2, 0.25) is 0 Å². The number of carboxylic acid groups (broad SMARTS) is 1. The molecule has 0 aromatic rings. The molecule has 4 nitrogen and oxygen atoms in total. The third-order valence-corrected chi connectivity index (χ3v) is 2.19. The van der Waals surface area contributed by atoms with Gasteiger partial charge in [-0.15, -0.1) is 0 Å². The van der Waals surface area contributed by atoms with Gasteiger partial charge in [-0.3, -0.25) is 9.59 Å². The van der Waals surface area contributed by atoms with Gasteiger partial charge in [-0.05, 0) is 13.3 Å². The summed E-state index contributed by atoms with van der Waals surface area (Å²) >= 11 is 0. The molecule has 0 aliphatic heterocycles. The van der Waals surface area contributed by atoms with Crippen molar-refractivity contribution in [3.63, 3.8) is 0 Å². The summed E-state index contributed by atoms with van der Waals surface area (Å²) in [4.78, 5) is 21.5. The topological polar surface area (TPSA) is 63.6 Å². The quantitative estimate of drug-likeness (QED) is 0.667. The predicted octanol–water partition coefficient (Wildman–Crippen LogP) is 1.83. The molecule has 1 atom stereocenters. The van der Waals surface area contributed by atoms with Crippen LogP contribution in [0.5, 0.6) is 0 Å². The van der Waals surface area contributed by atoms with Crippen molar-refractivity contribution in [1.82, 2.24) is 0 Å².